The molecule has 1 aliphatic heterocycles. The molecule has 0 unspecified atom stereocenters. The lowest BCUT2D eigenvalue weighted by atomic mass is 10.1. The van der Waals surface area contributed by atoms with Crippen LogP contribution in [0.25, 0.3) is 0 Å². The van der Waals surface area contributed by atoms with E-state index in [0.717, 1.165) is 39.1 Å². The van der Waals surface area contributed by atoms with E-state index in [-0.39, 0.29) is 0 Å². The van der Waals surface area contributed by atoms with Crippen LogP contribution in [-0.4, -0.2) is 70.1 Å². The number of methoxy groups -OCH3 is 1. The van der Waals surface area contributed by atoms with Gasteiger partial charge in [0.2, 0.25) is 0 Å². The van der Waals surface area contributed by atoms with Crippen LogP contribution in [0, 0.1) is 0 Å². The van der Waals surface area contributed by atoms with E-state index in [1.165, 1.54) is 0 Å². The van der Waals surface area contributed by atoms with Gasteiger partial charge in [-0.05, 0) is 25.9 Å². The van der Waals surface area contributed by atoms with Crippen LogP contribution >= 0.6 is 11.6 Å². The van der Waals surface area contributed by atoms with Gasteiger partial charge >= 0.3 is 0 Å². The van der Waals surface area contributed by atoms with Gasteiger partial charge in [-0.15, -0.1) is 11.6 Å². The van der Waals surface area contributed by atoms with Crippen LogP contribution in [0.5, 0.6) is 0 Å². The molecule has 1 rings (SSSR count). The molecule has 1 aliphatic rings. The van der Waals surface area contributed by atoms with E-state index in [2.05, 4.69) is 4.90 Å². The molecule has 0 bridgehead atoms. The maximum absolute atomic E-state index is 6.04. The van der Waals surface area contributed by atoms with Crippen LogP contribution < -0.4 is 0 Å². The first kappa shape index (κ1) is 15.2. The molecule has 0 aromatic rings. The molecule has 1 saturated heterocycles. The Balaban J connectivity index is 1.81. The van der Waals surface area contributed by atoms with Crippen LogP contribution in [0.1, 0.15) is 12.8 Å². The van der Waals surface area contributed by atoms with Crippen molar-refractivity contribution in [1.29, 1.82) is 0 Å². The molecule has 5 heteroatoms. The second-order valence-corrected chi connectivity index (χ2v) is 4.85. The molecule has 0 spiro atoms. The average molecular weight is 266 g/mol. The Labute approximate surface area is 109 Å². The van der Waals surface area contributed by atoms with Crippen molar-refractivity contribution in [2.75, 3.05) is 59.8 Å². The predicted octanol–water partition coefficient (Wildman–Crippen LogP) is 1.37. The zero-order valence-corrected chi connectivity index (χ0v) is 11.5. The zero-order chi connectivity index (χ0) is 12.3. The van der Waals surface area contributed by atoms with E-state index in [9.17, 15) is 0 Å². The molecule has 102 valence electrons. The molecule has 0 amide bonds. The van der Waals surface area contributed by atoms with Crippen molar-refractivity contribution >= 4 is 11.6 Å². The van der Waals surface area contributed by atoms with Crippen LogP contribution in [0.2, 0.25) is 0 Å². The fraction of sp³-hybridized carbons (Fsp3) is 1.00. The summed E-state index contributed by atoms with van der Waals surface area (Å²) in [6.45, 7) is 6.57. The second-order valence-electron chi connectivity index (χ2n) is 4.23. The number of piperidine rings is 1. The molecule has 0 saturated carbocycles. The Morgan fingerprint density at radius 3 is 2.24 bits per heavy atom. The standard InChI is InChI=1S/C12H24ClNO3/c1-15-8-9-17-11-10-16-7-6-14-4-2-12(13)3-5-14/h12H,2-11H2,1H3. The Bertz CT molecular complexity index is 175. The first-order valence-electron chi connectivity index (χ1n) is 6.34. The maximum atomic E-state index is 6.04. The van der Waals surface area contributed by atoms with Crippen LogP contribution in [0.4, 0.5) is 0 Å². The molecular formula is C12H24ClNO3. The lowest BCUT2D eigenvalue weighted by Gasteiger charge is -2.28. The van der Waals surface area contributed by atoms with Gasteiger partial charge in [0.1, 0.15) is 0 Å². The molecule has 0 aromatic carbocycles. The number of hydrogen-bond donors (Lipinski definition) is 0. The summed E-state index contributed by atoms with van der Waals surface area (Å²) in [6.07, 6.45) is 2.20. The highest BCUT2D eigenvalue weighted by Crippen LogP contribution is 2.14. The van der Waals surface area contributed by atoms with E-state index in [1.807, 2.05) is 0 Å². The number of halogens is 1. The molecular weight excluding hydrogens is 242 g/mol. The largest absolute Gasteiger partial charge is 0.382 e. The average Bonchev–Trinajstić information content (AvgIpc) is 2.35. The summed E-state index contributed by atoms with van der Waals surface area (Å²) in [5.74, 6) is 0. The molecule has 0 radical (unpaired) electrons. The van der Waals surface area contributed by atoms with Crippen molar-refractivity contribution in [1.82, 2.24) is 4.90 Å². The SMILES string of the molecule is COCCOCCOCCN1CCC(Cl)CC1. The van der Waals surface area contributed by atoms with Crippen molar-refractivity contribution in [2.45, 2.75) is 18.2 Å². The monoisotopic (exact) mass is 265 g/mol. The van der Waals surface area contributed by atoms with Crippen molar-refractivity contribution in [2.24, 2.45) is 0 Å². The molecule has 0 aromatic heterocycles. The van der Waals surface area contributed by atoms with Crippen LogP contribution in [0.3, 0.4) is 0 Å². The zero-order valence-electron chi connectivity index (χ0n) is 10.7. The number of nitrogens with zero attached hydrogens (tertiary/aromatic N) is 1. The minimum Gasteiger partial charge on any atom is -0.382 e. The third kappa shape index (κ3) is 7.95. The lowest BCUT2D eigenvalue weighted by Crippen LogP contribution is -2.36. The number of alkyl halides is 1. The van der Waals surface area contributed by atoms with E-state index in [1.54, 1.807) is 7.11 Å². The molecule has 0 atom stereocenters. The van der Waals surface area contributed by atoms with Gasteiger partial charge < -0.3 is 19.1 Å². The maximum Gasteiger partial charge on any atom is 0.0701 e. The van der Waals surface area contributed by atoms with Crippen LogP contribution in [0.15, 0.2) is 0 Å². The number of rotatable bonds is 9. The summed E-state index contributed by atoms with van der Waals surface area (Å²) in [5.41, 5.74) is 0. The highest BCUT2D eigenvalue weighted by molar-refractivity contribution is 6.20. The molecule has 0 aliphatic carbocycles. The first-order chi connectivity index (χ1) is 8.33. The third-order valence-corrected chi connectivity index (χ3v) is 3.31. The van der Waals surface area contributed by atoms with E-state index in [4.69, 9.17) is 25.8 Å². The fourth-order valence-corrected chi connectivity index (χ4v) is 1.98. The Morgan fingerprint density at radius 2 is 1.59 bits per heavy atom. The summed E-state index contributed by atoms with van der Waals surface area (Å²) in [7, 11) is 1.67. The normalized spacial score (nSPS) is 18.7. The Hall–Kier alpha value is 0.130. The number of likely N-dealkylation sites (tertiary alicyclic amines) is 1. The predicted molar refractivity (Wildman–Crippen MR) is 68.8 cm³/mol. The first-order valence-corrected chi connectivity index (χ1v) is 6.77. The highest BCUT2D eigenvalue weighted by Gasteiger charge is 2.16. The molecule has 0 N–H and O–H groups in total. The molecule has 4 nitrogen and oxygen atoms in total. The van der Waals surface area contributed by atoms with Gasteiger partial charge in [-0.1, -0.05) is 0 Å². The van der Waals surface area contributed by atoms with Crippen molar-refractivity contribution < 1.29 is 14.2 Å². The van der Waals surface area contributed by atoms with Gasteiger partial charge in [0.05, 0.1) is 33.0 Å². The van der Waals surface area contributed by atoms with Gasteiger partial charge in [-0.3, -0.25) is 0 Å². The summed E-state index contributed by atoms with van der Waals surface area (Å²) < 4.78 is 15.7. The fourth-order valence-electron chi connectivity index (χ4n) is 1.78. The second kappa shape index (κ2) is 10.1. The van der Waals surface area contributed by atoms with Gasteiger partial charge in [0.15, 0.2) is 0 Å². The molecule has 1 heterocycles. The highest BCUT2D eigenvalue weighted by atomic mass is 35.5. The topological polar surface area (TPSA) is 30.9 Å². The summed E-state index contributed by atoms with van der Waals surface area (Å²) in [4.78, 5) is 2.41. The van der Waals surface area contributed by atoms with Crippen molar-refractivity contribution in [3.8, 4) is 0 Å². The van der Waals surface area contributed by atoms with Crippen molar-refractivity contribution in [3.63, 3.8) is 0 Å². The Kier molecular flexibility index (Phi) is 9.01. The van der Waals surface area contributed by atoms with Gasteiger partial charge in [0, 0.05) is 19.0 Å². The van der Waals surface area contributed by atoms with Gasteiger partial charge in [-0.2, -0.15) is 0 Å². The van der Waals surface area contributed by atoms with Crippen molar-refractivity contribution in [3.05, 3.63) is 0 Å². The smallest absolute Gasteiger partial charge is 0.0701 e. The van der Waals surface area contributed by atoms with E-state index >= 15 is 0 Å². The van der Waals surface area contributed by atoms with E-state index < -0.39 is 0 Å². The molecule has 1 fully saturated rings. The van der Waals surface area contributed by atoms with E-state index in [0.29, 0.717) is 31.8 Å². The van der Waals surface area contributed by atoms with Gasteiger partial charge in [0.25, 0.3) is 0 Å². The number of hydrogen-bond acceptors (Lipinski definition) is 4. The van der Waals surface area contributed by atoms with Crippen LogP contribution in [-0.2, 0) is 14.2 Å². The summed E-state index contributed by atoms with van der Waals surface area (Å²) >= 11 is 6.04. The third-order valence-electron chi connectivity index (χ3n) is 2.87. The summed E-state index contributed by atoms with van der Waals surface area (Å²) in [5, 5.41) is 0.376. The number of ether oxygens (including phenoxy) is 3. The minimum atomic E-state index is 0.376. The lowest BCUT2D eigenvalue weighted by molar-refractivity contribution is 0.0185. The van der Waals surface area contributed by atoms with Gasteiger partial charge in [-0.25, -0.2) is 0 Å². The quantitative estimate of drug-likeness (QED) is 0.465. The Morgan fingerprint density at radius 1 is 1.00 bits per heavy atom. The minimum absolute atomic E-state index is 0.376. The molecule has 17 heavy (non-hydrogen) atoms. The summed E-state index contributed by atoms with van der Waals surface area (Å²) in [6, 6.07) is 0.